The van der Waals surface area contributed by atoms with E-state index in [1.54, 1.807) is 7.05 Å². The van der Waals surface area contributed by atoms with E-state index in [0.29, 0.717) is 12.5 Å². The van der Waals surface area contributed by atoms with Crippen LogP contribution in [0.2, 0.25) is 0 Å². The Morgan fingerprint density at radius 1 is 1.47 bits per heavy atom. The maximum absolute atomic E-state index is 10.8. The monoisotopic (exact) mass is 239 g/mol. The summed E-state index contributed by atoms with van der Waals surface area (Å²) in [7, 11) is 1.65. The number of carboxylic acid groups (broad SMARTS) is 1. The van der Waals surface area contributed by atoms with Gasteiger partial charge in [-0.05, 0) is 24.7 Å². The molecule has 98 valence electrons. The summed E-state index contributed by atoms with van der Waals surface area (Å²) in [6.07, 6.45) is 9.89. The van der Waals surface area contributed by atoms with E-state index < -0.39 is 6.09 Å². The van der Waals surface area contributed by atoms with Crippen LogP contribution in [-0.2, 0) is 0 Å². The molecule has 3 heteroatoms. The molecule has 1 N–H and O–H groups in total. The fourth-order valence-electron chi connectivity index (χ4n) is 2.84. The van der Waals surface area contributed by atoms with E-state index in [1.807, 2.05) is 6.08 Å². The summed E-state index contributed by atoms with van der Waals surface area (Å²) in [5.74, 6) is 1.24. The molecule has 1 amide bonds. The van der Waals surface area contributed by atoms with Gasteiger partial charge in [-0.2, -0.15) is 0 Å². The van der Waals surface area contributed by atoms with Crippen LogP contribution in [0, 0.1) is 11.8 Å². The molecule has 0 radical (unpaired) electrons. The minimum Gasteiger partial charge on any atom is -0.465 e. The Morgan fingerprint density at radius 2 is 2.12 bits per heavy atom. The Morgan fingerprint density at radius 3 is 2.65 bits per heavy atom. The topological polar surface area (TPSA) is 40.5 Å². The number of hydrogen-bond acceptors (Lipinski definition) is 1. The fraction of sp³-hybridized carbons (Fsp3) is 0.786. The molecule has 0 heterocycles. The lowest BCUT2D eigenvalue weighted by Crippen LogP contribution is -2.31. The quantitative estimate of drug-likeness (QED) is 0.717. The van der Waals surface area contributed by atoms with Gasteiger partial charge in [-0.3, -0.25) is 0 Å². The standard InChI is InChI=1S/C14H25NO2/c1-3-7-13(11-15(2)14(16)17)10-12-8-5-4-6-9-12/h3,12-13H,1,4-11H2,2H3,(H,16,17). The number of hydrogen-bond donors (Lipinski definition) is 1. The molecule has 0 aromatic carbocycles. The third kappa shape index (κ3) is 5.24. The van der Waals surface area contributed by atoms with E-state index in [9.17, 15) is 4.79 Å². The van der Waals surface area contributed by atoms with Gasteiger partial charge < -0.3 is 10.0 Å². The van der Waals surface area contributed by atoms with Crippen LogP contribution >= 0.6 is 0 Å². The van der Waals surface area contributed by atoms with Crippen LogP contribution in [-0.4, -0.2) is 29.7 Å². The summed E-state index contributed by atoms with van der Waals surface area (Å²) in [6, 6.07) is 0. The second-order valence-corrected chi connectivity index (χ2v) is 5.29. The van der Waals surface area contributed by atoms with Crippen LogP contribution in [0.15, 0.2) is 12.7 Å². The lowest BCUT2D eigenvalue weighted by atomic mass is 9.82. The van der Waals surface area contributed by atoms with E-state index in [2.05, 4.69) is 6.58 Å². The summed E-state index contributed by atoms with van der Waals surface area (Å²) in [5.41, 5.74) is 0. The van der Waals surface area contributed by atoms with Gasteiger partial charge in [0.1, 0.15) is 0 Å². The average molecular weight is 239 g/mol. The molecular weight excluding hydrogens is 214 g/mol. The van der Waals surface area contributed by atoms with Crippen molar-refractivity contribution in [2.45, 2.75) is 44.9 Å². The molecule has 1 atom stereocenters. The van der Waals surface area contributed by atoms with Crippen molar-refractivity contribution in [1.82, 2.24) is 4.90 Å². The SMILES string of the molecule is C=CCC(CC1CCCCC1)CN(C)C(=O)O. The van der Waals surface area contributed by atoms with Crippen molar-refractivity contribution in [2.75, 3.05) is 13.6 Å². The Kier molecular flexibility index (Phi) is 6.09. The molecule has 1 rings (SSSR count). The Balaban J connectivity index is 2.40. The number of carbonyl (C=O) groups is 1. The normalized spacial score (nSPS) is 18.6. The minimum absolute atomic E-state index is 0.441. The van der Waals surface area contributed by atoms with Gasteiger partial charge >= 0.3 is 6.09 Å². The van der Waals surface area contributed by atoms with Crippen molar-refractivity contribution in [2.24, 2.45) is 11.8 Å². The van der Waals surface area contributed by atoms with Gasteiger partial charge in [0, 0.05) is 13.6 Å². The largest absolute Gasteiger partial charge is 0.465 e. The van der Waals surface area contributed by atoms with Gasteiger partial charge in [-0.25, -0.2) is 4.79 Å². The first-order valence-corrected chi connectivity index (χ1v) is 6.68. The zero-order valence-electron chi connectivity index (χ0n) is 10.9. The second kappa shape index (κ2) is 7.36. The number of rotatable bonds is 6. The van der Waals surface area contributed by atoms with Gasteiger partial charge in [-0.1, -0.05) is 38.2 Å². The van der Waals surface area contributed by atoms with E-state index in [4.69, 9.17) is 5.11 Å². The van der Waals surface area contributed by atoms with Crippen molar-refractivity contribution >= 4 is 6.09 Å². The number of nitrogens with zero attached hydrogens (tertiary/aromatic N) is 1. The predicted octanol–water partition coefficient (Wildman–Crippen LogP) is 3.76. The molecule has 0 aliphatic heterocycles. The molecule has 0 bridgehead atoms. The van der Waals surface area contributed by atoms with Crippen LogP contribution in [0.25, 0.3) is 0 Å². The molecule has 0 aromatic heterocycles. The van der Waals surface area contributed by atoms with Crippen molar-refractivity contribution in [3.05, 3.63) is 12.7 Å². The average Bonchev–Trinajstić information content (AvgIpc) is 2.30. The van der Waals surface area contributed by atoms with Crippen LogP contribution in [0.5, 0.6) is 0 Å². The van der Waals surface area contributed by atoms with Crippen LogP contribution in [0.4, 0.5) is 4.79 Å². The predicted molar refractivity (Wildman–Crippen MR) is 70.2 cm³/mol. The zero-order valence-corrected chi connectivity index (χ0v) is 10.9. The number of allylic oxidation sites excluding steroid dienone is 1. The lowest BCUT2D eigenvalue weighted by molar-refractivity contribution is 0.143. The summed E-state index contributed by atoms with van der Waals surface area (Å²) in [6.45, 7) is 4.42. The van der Waals surface area contributed by atoms with Gasteiger partial charge in [0.25, 0.3) is 0 Å². The first-order valence-electron chi connectivity index (χ1n) is 6.68. The molecule has 1 saturated carbocycles. The lowest BCUT2D eigenvalue weighted by Gasteiger charge is -2.28. The zero-order chi connectivity index (χ0) is 12.7. The van der Waals surface area contributed by atoms with Crippen molar-refractivity contribution < 1.29 is 9.90 Å². The van der Waals surface area contributed by atoms with Crippen molar-refractivity contribution in [3.63, 3.8) is 0 Å². The molecule has 3 nitrogen and oxygen atoms in total. The highest BCUT2D eigenvalue weighted by Gasteiger charge is 2.20. The third-order valence-corrected chi connectivity index (χ3v) is 3.75. The van der Waals surface area contributed by atoms with Crippen LogP contribution in [0.3, 0.4) is 0 Å². The van der Waals surface area contributed by atoms with E-state index >= 15 is 0 Å². The summed E-state index contributed by atoms with van der Waals surface area (Å²) in [5, 5.41) is 8.91. The molecule has 1 unspecified atom stereocenters. The Bertz CT molecular complexity index is 247. The van der Waals surface area contributed by atoms with Gasteiger partial charge in [-0.15, -0.1) is 6.58 Å². The smallest absolute Gasteiger partial charge is 0.407 e. The molecule has 0 aromatic rings. The Hall–Kier alpha value is -0.990. The van der Waals surface area contributed by atoms with Gasteiger partial charge in [0.15, 0.2) is 0 Å². The molecule has 1 fully saturated rings. The van der Waals surface area contributed by atoms with Gasteiger partial charge in [0.2, 0.25) is 0 Å². The second-order valence-electron chi connectivity index (χ2n) is 5.29. The van der Waals surface area contributed by atoms with E-state index in [-0.39, 0.29) is 0 Å². The molecule has 1 aliphatic rings. The Labute approximate surface area is 105 Å². The summed E-state index contributed by atoms with van der Waals surface area (Å²) >= 11 is 0. The van der Waals surface area contributed by atoms with Crippen molar-refractivity contribution in [3.8, 4) is 0 Å². The molecule has 0 spiro atoms. The summed E-state index contributed by atoms with van der Waals surface area (Å²) in [4.78, 5) is 12.2. The molecule has 1 aliphatic carbocycles. The molecular formula is C14H25NO2. The number of amides is 1. The summed E-state index contributed by atoms with van der Waals surface area (Å²) < 4.78 is 0. The maximum atomic E-state index is 10.8. The fourth-order valence-corrected chi connectivity index (χ4v) is 2.84. The first-order chi connectivity index (χ1) is 8.13. The molecule has 17 heavy (non-hydrogen) atoms. The third-order valence-electron chi connectivity index (χ3n) is 3.75. The molecule has 0 saturated heterocycles. The highest BCUT2D eigenvalue weighted by molar-refractivity contribution is 5.64. The minimum atomic E-state index is -0.831. The van der Waals surface area contributed by atoms with Gasteiger partial charge in [0.05, 0.1) is 0 Å². The highest BCUT2D eigenvalue weighted by atomic mass is 16.4. The highest BCUT2D eigenvalue weighted by Crippen LogP contribution is 2.30. The maximum Gasteiger partial charge on any atom is 0.407 e. The first kappa shape index (κ1) is 14.1. The van der Waals surface area contributed by atoms with Crippen LogP contribution < -0.4 is 0 Å². The van der Waals surface area contributed by atoms with E-state index in [1.165, 1.54) is 37.0 Å². The van der Waals surface area contributed by atoms with Crippen LogP contribution in [0.1, 0.15) is 44.9 Å². The van der Waals surface area contributed by atoms with Crippen molar-refractivity contribution in [1.29, 1.82) is 0 Å². The van der Waals surface area contributed by atoms with E-state index in [0.717, 1.165) is 18.8 Å².